The van der Waals surface area contributed by atoms with Gasteiger partial charge in [-0.25, -0.2) is 4.39 Å². The Kier molecular flexibility index (Phi) is 6.11. The second kappa shape index (κ2) is 8.09. The monoisotopic (exact) mass is 342 g/mol. The van der Waals surface area contributed by atoms with Gasteiger partial charge in [0.25, 0.3) is 0 Å². The van der Waals surface area contributed by atoms with Crippen LogP contribution in [0.2, 0.25) is 0 Å². The van der Waals surface area contributed by atoms with Gasteiger partial charge < -0.3 is 14.9 Å². The number of benzene rings is 1. The van der Waals surface area contributed by atoms with E-state index >= 15 is 0 Å². The third-order valence-corrected chi connectivity index (χ3v) is 4.32. The highest BCUT2D eigenvalue weighted by Crippen LogP contribution is 2.33. The first-order chi connectivity index (χ1) is 11.9. The lowest BCUT2D eigenvalue weighted by Gasteiger charge is -2.34. The fourth-order valence-corrected chi connectivity index (χ4v) is 3.08. The minimum Gasteiger partial charge on any atom is -0.485 e. The highest BCUT2D eigenvalue weighted by Gasteiger charge is 2.32. The summed E-state index contributed by atoms with van der Waals surface area (Å²) in [5.41, 5.74) is 1.94. The first kappa shape index (κ1) is 18.9. The molecular formula is C20H23FN2O2. The Balaban J connectivity index is 2.44. The summed E-state index contributed by atoms with van der Waals surface area (Å²) in [6, 6.07) is 4.93. The van der Waals surface area contributed by atoms with E-state index in [0.29, 0.717) is 29.9 Å². The van der Waals surface area contributed by atoms with Crippen LogP contribution in [0.25, 0.3) is 5.57 Å². The van der Waals surface area contributed by atoms with Gasteiger partial charge in [0.2, 0.25) is 0 Å². The average molecular weight is 342 g/mol. The number of halogens is 1. The van der Waals surface area contributed by atoms with Crippen molar-refractivity contribution < 1.29 is 13.9 Å². The summed E-state index contributed by atoms with van der Waals surface area (Å²) < 4.78 is 26.1. The Labute approximate surface area is 148 Å². The molecule has 1 heterocycles. The van der Waals surface area contributed by atoms with Gasteiger partial charge in [-0.3, -0.25) is 0 Å². The van der Waals surface area contributed by atoms with Gasteiger partial charge in [-0.15, -0.1) is 0 Å². The first-order valence-corrected chi connectivity index (χ1v) is 8.24. The molecule has 2 unspecified atom stereocenters. The number of nitrogens with one attached hydrogen (secondary N) is 1. The first-order valence-electron chi connectivity index (χ1n) is 8.24. The summed E-state index contributed by atoms with van der Waals surface area (Å²) in [4.78, 5) is 0. The van der Waals surface area contributed by atoms with Crippen molar-refractivity contribution in [1.82, 2.24) is 0 Å². The molecule has 0 spiro atoms. The van der Waals surface area contributed by atoms with E-state index in [2.05, 4.69) is 6.58 Å². The molecule has 0 saturated carbocycles. The molecule has 1 N–H and O–H groups in total. The maximum Gasteiger partial charge on any atom is 0.173 e. The number of allylic oxidation sites excluding steroid dienone is 3. The predicted molar refractivity (Wildman–Crippen MR) is 96.3 cm³/mol. The van der Waals surface area contributed by atoms with Crippen LogP contribution < -0.4 is 4.74 Å². The molecule has 0 aliphatic carbocycles. The largest absolute Gasteiger partial charge is 0.485 e. The second-order valence-corrected chi connectivity index (χ2v) is 6.55. The van der Waals surface area contributed by atoms with Crippen molar-refractivity contribution in [2.24, 2.45) is 11.8 Å². The number of rotatable bonds is 5. The Bertz CT molecular complexity index is 739. The third kappa shape index (κ3) is 4.15. The predicted octanol–water partition coefficient (Wildman–Crippen LogP) is 4.36. The van der Waals surface area contributed by atoms with Crippen LogP contribution >= 0.6 is 0 Å². The van der Waals surface area contributed by atoms with E-state index in [1.165, 1.54) is 12.1 Å². The molecule has 4 nitrogen and oxygen atoms in total. The highest BCUT2D eigenvalue weighted by atomic mass is 19.1. The molecule has 25 heavy (non-hydrogen) atoms. The highest BCUT2D eigenvalue weighted by molar-refractivity contribution is 5.89. The van der Waals surface area contributed by atoms with Crippen molar-refractivity contribution in [2.75, 3.05) is 13.2 Å². The van der Waals surface area contributed by atoms with Gasteiger partial charge >= 0.3 is 0 Å². The summed E-state index contributed by atoms with van der Waals surface area (Å²) in [5.74, 6) is -0.388. The molecule has 1 saturated heterocycles. The fourth-order valence-electron chi connectivity index (χ4n) is 3.08. The van der Waals surface area contributed by atoms with Crippen LogP contribution in [0.4, 0.5) is 4.39 Å². The number of hydrogen-bond donors (Lipinski definition) is 1. The molecule has 1 aromatic rings. The average Bonchev–Trinajstić information content (AvgIpc) is 2.56. The van der Waals surface area contributed by atoms with Gasteiger partial charge in [-0.1, -0.05) is 26.0 Å². The van der Waals surface area contributed by atoms with Crippen LogP contribution in [0.15, 0.2) is 30.4 Å². The van der Waals surface area contributed by atoms with Gasteiger partial charge in [0.1, 0.15) is 12.2 Å². The maximum absolute atomic E-state index is 14.7. The zero-order valence-electron chi connectivity index (χ0n) is 14.8. The van der Waals surface area contributed by atoms with Crippen molar-refractivity contribution in [2.45, 2.75) is 26.9 Å². The van der Waals surface area contributed by atoms with Gasteiger partial charge in [0.05, 0.1) is 18.8 Å². The number of nitrogens with zero attached hydrogens (tertiary/aromatic N) is 1. The summed E-state index contributed by atoms with van der Waals surface area (Å²) in [5, 5.41) is 16.7. The molecular weight excluding hydrogens is 319 g/mol. The molecule has 0 radical (unpaired) electrons. The fraction of sp³-hybridized carbons (Fsp3) is 0.400. The van der Waals surface area contributed by atoms with Crippen LogP contribution in [-0.4, -0.2) is 25.5 Å². The standard InChI is InChI=1S/C20H23FN2O2/c1-12(2)17(5-6-22)15-7-16(9-23)20(18(21)8-15)25-19-13(3)10-24-11-14(19)4/h5-8,13-14,19,22H,1,10-11H2,2-4H3/b17-5+,22-6?. The van der Waals surface area contributed by atoms with Crippen molar-refractivity contribution in [3.63, 3.8) is 0 Å². The second-order valence-electron chi connectivity index (χ2n) is 6.55. The number of hydrogen-bond acceptors (Lipinski definition) is 4. The van der Waals surface area contributed by atoms with Crippen LogP contribution in [0.1, 0.15) is 31.9 Å². The molecule has 132 valence electrons. The summed E-state index contributed by atoms with van der Waals surface area (Å²) in [7, 11) is 0. The lowest BCUT2D eigenvalue weighted by atomic mass is 9.91. The van der Waals surface area contributed by atoms with E-state index in [4.69, 9.17) is 14.9 Å². The molecule has 2 atom stereocenters. The van der Waals surface area contributed by atoms with Crippen LogP contribution in [0.5, 0.6) is 5.75 Å². The molecule has 0 bridgehead atoms. The Hall–Kier alpha value is -2.45. The lowest BCUT2D eigenvalue weighted by Crippen LogP contribution is -2.41. The molecule has 0 aromatic heterocycles. The number of ether oxygens (including phenoxy) is 2. The molecule has 1 aliphatic rings. The summed E-state index contributed by atoms with van der Waals surface area (Å²) in [6.45, 7) is 10.7. The topological polar surface area (TPSA) is 66.1 Å². The van der Waals surface area contributed by atoms with Gasteiger partial charge in [0.15, 0.2) is 11.6 Å². The molecule has 1 aromatic carbocycles. The molecule has 2 rings (SSSR count). The SMILES string of the molecule is C=C(C)/C(=C\C=N)c1cc(F)c(OC2C(C)COCC2C)c(C#N)c1. The summed E-state index contributed by atoms with van der Waals surface area (Å²) >= 11 is 0. The van der Waals surface area contributed by atoms with Gasteiger partial charge in [-0.2, -0.15) is 5.26 Å². The molecule has 0 amide bonds. The quantitative estimate of drug-likeness (QED) is 0.639. The molecule has 1 aliphatic heterocycles. The minimum atomic E-state index is -0.586. The van der Waals surface area contributed by atoms with E-state index in [1.807, 2.05) is 19.9 Å². The molecule has 1 fully saturated rings. The lowest BCUT2D eigenvalue weighted by molar-refractivity contribution is -0.0563. The zero-order valence-corrected chi connectivity index (χ0v) is 14.8. The van der Waals surface area contributed by atoms with E-state index in [9.17, 15) is 9.65 Å². The Morgan fingerprint density at radius 2 is 2.04 bits per heavy atom. The van der Waals surface area contributed by atoms with E-state index < -0.39 is 5.82 Å². The summed E-state index contributed by atoms with van der Waals surface area (Å²) in [6.07, 6.45) is 2.43. The van der Waals surface area contributed by atoms with Crippen molar-refractivity contribution in [1.29, 1.82) is 10.7 Å². The Morgan fingerprint density at radius 3 is 2.56 bits per heavy atom. The van der Waals surface area contributed by atoms with E-state index in [-0.39, 0.29) is 29.3 Å². The van der Waals surface area contributed by atoms with Crippen LogP contribution in [0, 0.1) is 34.4 Å². The normalized spacial score (nSPS) is 23.6. The van der Waals surface area contributed by atoms with Crippen LogP contribution in [-0.2, 0) is 4.74 Å². The zero-order chi connectivity index (χ0) is 18.6. The van der Waals surface area contributed by atoms with E-state index in [1.54, 1.807) is 13.0 Å². The molecule has 5 heteroatoms. The Morgan fingerprint density at radius 1 is 1.40 bits per heavy atom. The number of nitriles is 1. The van der Waals surface area contributed by atoms with Crippen molar-refractivity contribution >= 4 is 11.8 Å². The van der Waals surface area contributed by atoms with Gasteiger partial charge in [0, 0.05) is 18.1 Å². The maximum atomic E-state index is 14.7. The van der Waals surface area contributed by atoms with E-state index in [0.717, 1.165) is 6.21 Å². The van der Waals surface area contributed by atoms with Crippen LogP contribution in [0.3, 0.4) is 0 Å². The van der Waals surface area contributed by atoms with Gasteiger partial charge in [-0.05, 0) is 36.3 Å². The smallest absolute Gasteiger partial charge is 0.173 e. The van der Waals surface area contributed by atoms with Crippen molar-refractivity contribution in [3.05, 3.63) is 47.3 Å². The minimum absolute atomic E-state index is 0.0206. The third-order valence-electron chi connectivity index (χ3n) is 4.32. The van der Waals surface area contributed by atoms with Crippen molar-refractivity contribution in [3.8, 4) is 11.8 Å².